The molecule has 0 spiro atoms. The van der Waals surface area contributed by atoms with Gasteiger partial charge in [-0.1, -0.05) is 0 Å². The highest BCUT2D eigenvalue weighted by molar-refractivity contribution is 7.88. The van der Waals surface area contributed by atoms with Crippen molar-refractivity contribution in [3.63, 3.8) is 0 Å². The molecular weight excluding hydrogens is 304 g/mol. The number of hydrogen-bond donors (Lipinski definition) is 1. The fourth-order valence-corrected chi connectivity index (χ4v) is 3.27. The average Bonchev–Trinajstić information content (AvgIpc) is 3.04. The summed E-state index contributed by atoms with van der Waals surface area (Å²) < 4.78 is 32.8. The summed E-state index contributed by atoms with van der Waals surface area (Å²) in [4.78, 5) is 2.24. The van der Waals surface area contributed by atoms with Gasteiger partial charge in [-0.15, -0.1) is 0 Å². The SMILES string of the molecule is Cc1ccc(CN2Cc3ccnn3[C@@H](CNS(C)(=O)=O)C2)o1. The van der Waals surface area contributed by atoms with Crippen LogP contribution in [-0.2, 0) is 23.1 Å². The van der Waals surface area contributed by atoms with Gasteiger partial charge in [-0.05, 0) is 25.1 Å². The molecule has 0 aromatic carbocycles. The predicted molar refractivity (Wildman–Crippen MR) is 81.7 cm³/mol. The molecule has 120 valence electrons. The molecule has 1 aliphatic heterocycles. The highest BCUT2D eigenvalue weighted by Crippen LogP contribution is 2.22. The molecule has 8 heteroatoms. The molecule has 0 amide bonds. The Kier molecular flexibility index (Phi) is 4.07. The Bertz CT molecular complexity index is 750. The summed E-state index contributed by atoms with van der Waals surface area (Å²) in [7, 11) is -3.21. The second-order valence-corrected chi connectivity index (χ2v) is 7.56. The third kappa shape index (κ3) is 3.57. The first-order chi connectivity index (χ1) is 10.4. The largest absolute Gasteiger partial charge is 0.465 e. The number of nitrogens with one attached hydrogen (secondary N) is 1. The van der Waals surface area contributed by atoms with Gasteiger partial charge in [0.05, 0.1) is 24.5 Å². The Labute approximate surface area is 130 Å². The fraction of sp³-hybridized carbons (Fsp3) is 0.500. The van der Waals surface area contributed by atoms with Gasteiger partial charge < -0.3 is 4.42 Å². The molecule has 22 heavy (non-hydrogen) atoms. The van der Waals surface area contributed by atoms with E-state index in [4.69, 9.17) is 4.42 Å². The Balaban J connectivity index is 1.73. The summed E-state index contributed by atoms with van der Waals surface area (Å²) in [6, 6.07) is 5.87. The lowest BCUT2D eigenvalue weighted by atomic mass is 10.2. The molecule has 1 atom stereocenters. The Morgan fingerprint density at radius 2 is 2.23 bits per heavy atom. The molecule has 0 fully saturated rings. The summed E-state index contributed by atoms with van der Waals surface area (Å²) in [5, 5.41) is 4.32. The minimum Gasteiger partial charge on any atom is -0.465 e. The third-order valence-corrected chi connectivity index (χ3v) is 4.40. The van der Waals surface area contributed by atoms with Gasteiger partial charge in [-0.25, -0.2) is 13.1 Å². The number of aromatic nitrogens is 2. The van der Waals surface area contributed by atoms with E-state index < -0.39 is 10.0 Å². The second kappa shape index (κ2) is 5.86. The Hall–Kier alpha value is -1.64. The van der Waals surface area contributed by atoms with Crippen LogP contribution in [0.5, 0.6) is 0 Å². The van der Waals surface area contributed by atoms with Gasteiger partial charge in [0.1, 0.15) is 11.5 Å². The molecule has 2 aromatic rings. The van der Waals surface area contributed by atoms with Crippen molar-refractivity contribution < 1.29 is 12.8 Å². The van der Waals surface area contributed by atoms with Crippen molar-refractivity contribution >= 4 is 10.0 Å². The number of sulfonamides is 1. The van der Waals surface area contributed by atoms with Crippen LogP contribution < -0.4 is 4.72 Å². The van der Waals surface area contributed by atoms with Crippen molar-refractivity contribution in [2.75, 3.05) is 19.3 Å². The molecule has 3 rings (SSSR count). The monoisotopic (exact) mass is 324 g/mol. The van der Waals surface area contributed by atoms with Crippen LogP contribution in [0, 0.1) is 6.92 Å². The van der Waals surface area contributed by atoms with E-state index in [0.717, 1.165) is 30.3 Å². The normalized spacial score (nSPS) is 19.3. The van der Waals surface area contributed by atoms with Crippen molar-refractivity contribution in [3.8, 4) is 0 Å². The molecule has 0 aliphatic carbocycles. The molecule has 0 unspecified atom stereocenters. The van der Waals surface area contributed by atoms with Crippen LogP contribution in [-0.4, -0.2) is 42.4 Å². The standard InChI is InChI=1S/C14H20N4O3S/c1-11-3-4-14(21-11)10-17-8-12-5-6-15-18(12)13(9-17)7-16-22(2,19)20/h3-6,13,16H,7-10H2,1-2H3/t13-/m0/s1. The number of hydrogen-bond acceptors (Lipinski definition) is 5. The van der Waals surface area contributed by atoms with Gasteiger partial charge in [0.2, 0.25) is 10.0 Å². The zero-order chi connectivity index (χ0) is 15.7. The number of fused-ring (bicyclic) bond motifs is 1. The summed E-state index contributed by atoms with van der Waals surface area (Å²) in [5.41, 5.74) is 1.08. The minimum absolute atomic E-state index is 0.0236. The van der Waals surface area contributed by atoms with Crippen molar-refractivity contribution in [1.82, 2.24) is 19.4 Å². The predicted octanol–water partition coefficient (Wildman–Crippen LogP) is 0.891. The smallest absolute Gasteiger partial charge is 0.208 e. The van der Waals surface area contributed by atoms with E-state index in [1.165, 1.54) is 6.26 Å². The van der Waals surface area contributed by atoms with Crippen LogP contribution in [0.15, 0.2) is 28.8 Å². The highest BCUT2D eigenvalue weighted by atomic mass is 32.2. The lowest BCUT2D eigenvalue weighted by Crippen LogP contribution is -2.42. The van der Waals surface area contributed by atoms with E-state index in [1.807, 2.05) is 29.8 Å². The topological polar surface area (TPSA) is 80.4 Å². The van der Waals surface area contributed by atoms with E-state index >= 15 is 0 Å². The van der Waals surface area contributed by atoms with Gasteiger partial charge >= 0.3 is 0 Å². The summed E-state index contributed by atoms with van der Waals surface area (Å²) in [6.07, 6.45) is 2.92. The van der Waals surface area contributed by atoms with Crippen LogP contribution in [0.2, 0.25) is 0 Å². The number of rotatable bonds is 5. The highest BCUT2D eigenvalue weighted by Gasteiger charge is 2.26. The molecule has 2 aromatic heterocycles. The van der Waals surface area contributed by atoms with Crippen LogP contribution >= 0.6 is 0 Å². The minimum atomic E-state index is -3.21. The molecular formula is C14H20N4O3S. The van der Waals surface area contributed by atoms with E-state index in [2.05, 4.69) is 14.7 Å². The quantitative estimate of drug-likeness (QED) is 0.883. The van der Waals surface area contributed by atoms with Crippen molar-refractivity contribution in [1.29, 1.82) is 0 Å². The molecule has 1 N–H and O–H groups in total. The molecule has 0 bridgehead atoms. The molecule has 0 saturated heterocycles. The lowest BCUT2D eigenvalue weighted by Gasteiger charge is -2.33. The molecule has 0 saturated carbocycles. The maximum absolute atomic E-state index is 11.3. The van der Waals surface area contributed by atoms with Crippen LogP contribution in [0.4, 0.5) is 0 Å². The first-order valence-corrected chi connectivity index (χ1v) is 9.04. The van der Waals surface area contributed by atoms with E-state index in [-0.39, 0.29) is 6.04 Å². The Morgan fingerprint density at radius 3 is 2.91 bits per heavy atom. The molecule has 3 heterocycles. The number of nitrogens with zero attached hydrogens (tertiary/aromatic N) is 3. The van der Waals surface area contributed by atoms with E-state index in [0.29, 0.717) is 13.1 Å². The van der Waals surface area contributed by atoms with Crippen molar-refractivity contribution in [2.45, 2.75) is 26.1 Å². The molecule has 0 radical (unpaired) electrons. The first kappa shape index (κ1) is 15.3. The maximum atomic E-state index is 11.3. The zero-order valence-electron chi connectivity index (χ0n) is 12.7. The first-order valence-electron chi connectivity index (χ1n) is 7.15. The van der Waals surface area contributed by atoms with Gasteiger partial charge in [0.25, 0.3) is 0 Å². The van der Waals surface area contributed by atoms with Gasteiger partial charge in [0, 0.05) is 25.8 Å². The van der Waals surface area contributed by atoms with Gasteiger partial charge in [-0.2, -0.15) is 5.10 Å². The Morgan fingerprint density at radius 1 is 1.41 bits per heavy atom. The molecule has 1 aliphatic rings. The van der Waals surface area contributed by atoms with Crippen LogP contribution in [0.1, 0.15) is 23.3 Å². The lowest BCUT2D eigenvalue weighted by molar-refractivity contribution is 0.157. The number of aryl methyl sites for hydroxylation is 1. The van der Waals surface area contributed by atoms with Gasteiger partial charge in [-0.3, -0.25) is 9.58 Å². The fourth-order valence-electron chi connectivity index (χ4n) is 2.77. The van der Waals surface area contributed by atoms with E-state index in [9.17, 15) is 8.42 Å². The summed E-state index contributed by atoms with van der Waals surface area (Å²) >= 11 is 0. The second-order valence-electron chi connectivity index (χ2n) is 5.72. The van der Waals surface area contributed by atoms with Crippen LogP contribution in [0.25, 0.3) is 0 Å². The summed E-state index contributed by atoms with van der Waals surface area (Å²) in [5.74, 6) is 1.81. The summed E-state index contributed by atoms with van der Waals surface area (Å²) in [6.45, 7) is 4.45. The molecule has 7 nitrogen and oxygen atoms in total. The maximum Gasteiger partial charge on any atom is 0.208 e. The van der Waals surface area contributed by atoms with Crippen molar-refractivity contribution in [3.05, 3.63) is 41.6 Å². The van der Waals surface area contributed by atoms with Gasteiger partial charge in [0.15, 0.2) is 0 Å². The van der Waals surface area contributed by atoms with Crippen LogP contribution in [0.3, 0.4) is 0 Å². The van der Waals surface area contributed by atoms with E-state index in [1.54, 1.807) is 6.20 Å². The average molecular weight is 324 g/mol. The van der Waals surface area contributed by atoms with Crippen molar-refractivity contribution in [2.24, 2.45) is 0 Å². The third-order valence-electron chi connectivity index (χ3n) is 3.71. The number of furan rings is 1. The zero-order valence-corrected chi connectivity index (χ0v) is 13.5.